The van der Waals surface area contributed by atoms with Crippen molar-refractivity contribution in [2.45, 2.75) is 24.5 Å². The van der Waals surface area contributed by atoms with Crippen LogP contribution in [0.4, 0.5) is 0 Å². The van der Waals surface area contributed by atoms with E-state index in [-0.39, 0.29) is 5.97 Å². The Kier molecular flexibility index (Phi) is 6.74. The van der Waals surface area contributed by atoms with Gasteiger partial charge in [0.15, 0.2) is 0 Å². The molecule has 1 heterocycles. The number of carbonyl (C=O) groups excluding carboxylic acids is 1. The molecule has 0 radical (unpaired) electrons. The number of carbonyl (C=O) groups is 1. The second-order valence-corrected chi connectivity index (χ2v) is 7.24. The van der Waals surface area contributed by atoms with E-state index in [2.05, 4.69) is 0 Å². The van der Waals surface area contributed by atoms with E-state index in [0.29, 0.717) is 24.5 Å². The van der Waals surface area contributed by atoms with Gasteiger partial charge >= 0.3 is 5.97 Å². The molecule has 3 rings (SSSR count). The Morgan fingerprint density at radius 3 is 2.41 bits per heavy atom. The Hall–Kier alpha value is -2.50. The van der Waals surface area contributed by atoms with Gasteiger partial charge in [-0.25, -0.2) is 4.79 Å². The molecule has 0 saturated carbocycles. The molecule has 1 unspecified atom stereocenters. The van der Waals surface area contributed by atoms with Crippen LogP contribution in [0.1, 0.15) is 17.3 Å². The van der Waals surface area contributed by atoms with Crippen molar-refractivity contribution >= 4 is 17.7 Å². The number of thioether (sulfide) groups is 1. The molecular formula is C22H23NO3S. The fourth-order valence-corrected chi connectivity index (χ4v) is 3.68. The molecule has 1 N–H and O–H groups in total. The quantitative estimate of drug-likeness (QED) is 0.462. The molecule has 3 aromatic rings. The minimum Gasteiger partial charge on any atom is -0.462 e. The summed E-state index contributed by atoms with van der Waals surface area (Å²) in [6, 6.07) is 19.7. The van der Waals surface area contributed by atoms with Crippen LogP contribution < -0.4 is 0 Å². The van der Waals surface area contributed by atoms with Gasteiger partial charge in [-0.1, -0.05) is 48.5 Å². The van der Waals surface area contributed by atoms with Gasteiger partial charge in [-0.05, 0) is 24.6 Å². The summed E-state index contributed by atoms with van der Waals surface area (Å²) < 4.78 is 7.06. The Labute approximate surface area is 163 Å². The van der Waals surface area contributed by atoms with Gasteiger partial charge in [0.05, 0.1) is 18.3 Å². The average molecular weight is 381 g/mol. The topological polar surface area (TPSA) is 51.5 Å². The fourth-order valence-electron chi connectivity index (χ4n) is 2.84. The summed E-state index contributed by atoms with van der Waals surface area (Å²) in [6.45, 7) is 2.54. The minimum absolute atomic E-state index is 0.328. The molecule has 27 heavy (non-hydrogen) atoms. The van der Waals surface area contributed by atoms with E-state index >= 15 is 0 Å². The zero-order valence-electron chi connectivity index (χ0n) is 15.2. The van der Waals surface area contributed by atoms with Crippen LogP contribution in [0.5, 0.6) is 0 Å². The van der Waals surface area contributed by atoms with Crippen LogP contribution in [-0.2, 0) is 11.3 Å². The molecule has 0 aliphatic carbocycles. The normalized spacial score (nSPS) is 11.9. The van der Waals surface area contributed by atoms with Crippen molar-refractivity contribution in [3.05, 3.63) is 78.6 Å². The van der Waals surface area contributed by atoms with E-state index in [1.165, 1.54) is 0 Å². The van der Waals surface area contributed by atoms with Gasteiger partial charge in [-0.15, -0.1) is 11.8 Å². The average Bonchev–Trinajstić information content (AvgIpc) is 3.12. The molecule has 1 atom stereocenters. The predicted molar refractivity (Wildman–Crippen MR) is 109 cm³/mol. The van der Waals surface area contributed by atoms with Gasteiger partial charge in [-0.3, -0.25) is 0 Å². The summed E-state index contributed by atoms with van der Waals surface area (Å²) in [7, 11) is 0. The lowest BCUT2D eigenvalue weighted by atomic mass is 10.1. The molecule has 5 heteroatoms. The number of ether oxygens (including phenoxy) is 1. The maximum absolute atomic E-state index is 12.3. The van der Waals surface area contributed by atoms with Crippen LogP contribution in [-0.4, -0.2) is 34.1 Å². The highest BCUT2D eigenvalue weighted by molar-refractivity contribution is 7.99. The number of aliphatic hydroxyl groups is 1. The van der Waals surface area contributed by atoms with Gasteiger partial charge in [-0.2, -0.15) is 0 Å². The third kappa shape index (κ3) is 5.25. The van der Waals surface area contributed by atoms with E-state index in [1.807, 2.05) is 71.4 Å². The Bertz CT molecular complexity index is 862. The van der Waals surface area contributed by atoms with Crippen molar-refractivity contribution in [3.63, 3.8) is 0 Å². The largest absolute Gasteiger partial charge is 0.462 e. The van der Waals surface area contributed by atoms with Crippen LogP contribution in [0, 0.1) is 0 Å². The highest BCUT2D eigenvalue weighted by Crippen LogP contribution is 2.26. The first kappa shape index (κ1) is 19.3. The number of esters is 1. The van der Waals surface area contributed by atoms with Gasteiger partial charge in [0.2, 0.25) is 0 Å². The minimum atomic E-state index is -0.527. The number of hydrogen-bond donors (Lipinski definition) is 1. The Balaban J connectivity index is 1.74. The Morgan fingerprint density at radius 2 is 1.74 bits per heavy atom. The fraction of sp³-hybridized carbons (Fsp3) is 0.227. The number of hydrogen-bond acceptors (Lipinski definition) is 4. The van der Waals surface area contributed by atoms with Crippen molar-refractivity contribution in [2.75, 3.05) is 12.4 Å². The zero-order valence-corrected chi connectivity index (χ0v) is 16.1. The maximum Gasteiger partial charge on any atom is 0.340 e. The van der Waals surface area contributed by atoms with E-state index in [1.54, 1.807) is 24.9 Å². The smallest absolute Gasteiger partial charge is 0.340 e. The van der Waals surface area contributed by atoms with Crippen molar-refractivity contribution in [2.24, 2.45) is 0 Å². The van der Waals surface area contributed by atoms with E-state index < -0.39 is 6.10 Å². The van der Waals surface area contributed by atoms with Crippen LogP contribution in [0.3, 0.4) is 0 Å². The van der Waals surface area contributed by atoms with Gasteiger partial charge in [0, 0.05) is 35.2 Å². The number of aliphatic hydroxyl groups excluding tert-OH is 1. The molecule has 0 aliphatic rings. The standard InChI is InChI=1S/C22H23NO3S/c1-2-26-22(25)21-15-23(14-20(21)17-9-5-3-6-10-17)13-18(24)16-27-19-11-7-4-8-12-19/h3-12,14-15,18,24H,2,13,16H2,1H3. The third-order valence-corrected chi connectivity index (χ3v) is 5.22. The number of rotatable bonds is 8. The molecule has 0 saturated heterocycles. The summed E-state index contributed by atoms with van der Waals surface area (Å²) in [5, 5.41) is 10.4. The monoisotopic (exact) mass is 381 g/mol. The van der Waals surface area contributed by atoms with Gasteiger partial charge in [0.25, 0.3) is 0 Å². The van der Waals surface area contributed by atoms with Crippen LogP contribution in [0.25, 0.3) is 11.1 Å². The molecule has 140 valence electrons. The van der Waals surface area contributed by atoms with Gasteiger partial charge < -0.3 is 14.4 Å². The molecule has 4 nitrogen and oxygen atoms in total. The number of aromatic nitrogens is 1. The predicted octanol–water partition coefficient (Wildman–Crippen LogP) is 4.49. The van der Waals surface area contributed by atoms with E-state index in [9.17, 15) is 9.90 Å². The van der Waals surface area contributed by atoms with Gasteiger partial charge in [0.1, 0.15) is 0 Å². The first-order valence-corrected chi connectivity index (χ1v) is 9.94. The molecule has 0 aliphatic heterocycles. The second kappa shape index (κ2) is 9.44. The van der Waals surface area contributed by atoms with Crippen LogP contribution in [0.2, 0.25) is 0 Å². The van der Waals surface area contributed by atoms with Crippen molar-refractivity contribution in [1.29, 1.82) is 0 Å². The molecule has 0 amide bonds. The number of nitrogens with zero attached hydrogens (tertiary/aromatic N) is 1. The second-order valence-electron chi connectivity index (χ2n) is 6.15. The highest BCUT2D eigenvalue weighted by atomic mass is 32.2. The summed E-state index contributed by atoms with van der Waals surface area (Å²) in [4.78, 5) is 13.5. The molecule has 0 spiro atoms. The van der Waals surface area contributed by atoms with Crippen molar-refractivity contribution < 1.29 is 14.6 Å². The Morgan fingerprint density at radius 1 is 1.07 bits per heavy atom. The summed E-state index contributed by atoms with van der Waals surface area (Å²) >= 11 is 1.61. The van der Waals surface area contributed by atoms with Crippen molar-refractivity contribution in [1.82, 2.24) is 4.57 Å². The van der Waals surface area contributed by atoms with Crippen LogP contribution in [0.15, 0.2) is 78.0 Å². The zero-order chi connectivity index (χ0) is 19.1. The first-order valence-electron chi connectivity index (χ1n) is 8.95. The summed E-state index contributed by atoms with van der Waals surface area (Å²) in [5.74, 6) is 0.237. The molecule has 1 aromatic heterocycles. The lowest BCUT2D eigenvalue weighted by Gasteiger charge is -2.11. The summed E-state index contributed by atoms with van der Waals surface area (Å²) in [6.07, 6.45) is 3.13. The number of benzene rings is 2. The lowest BCUT2D eigenvalue weighted by Crippen LogP contribution is -2.17. The molecular weight excluding hydrogens is 358 g/mol. The van der Waals surface area contributed by atoms with E-state index in [4.69, 9.17) is 4.74 Å². The maximum atomic E-state index is 12.3. The highest BCUT2D eigenvalue weighted by Gasteiger charge is 2.18. The molecule has 0 bridgehead atoms. The molecule has 0 fully saturated rings. The van der Waals surface area contributed by atoms with E-state index in [0.717, 1.165) is 16.0 Å². The van der Waals surface area contributed by atoms with Crippen LogP contribution >= 0.6 is 11.8 Å². The lowest BCUT2D eigenvalue weighted by molar-refractivity contribution is 0.0527. The first-order chi connectivity index (χ1) is 13.2. The van der Waals surface area contributed by atoms with Crippen molar-refractivity contribution in [3.8, 4) is 11.1 Å². The summed E-state index contributed by atoms with van der Waals surface area (Å²) in [5.41, 5.74) is 2.29. The molecule has 2 aromatic carbocycles. The third-order valence-electron chi connectivity index (χ3n) is 4.07. The SMILES string of the molecule is CCOC(=O)c1cn(CC(O)CSc2ccccc2)cc1-c1ccccc1.